The van der Waals surface area contributed by atoms with Crippen LogP contribution < -0.4 is 5.19 Å². The van der Waals surface area contributed by atoms with Gasteiger partial charge in [-0.3, -0.25) is 0 Å². The first-order valence-electron chi connectivity index (χ1n) is 22.3. The van der Waals surface area contributed by atoms with E-state index in [0.29, 0.717) is 0 Å². The van der Waals surface area contributed by atoms with Crippen LogP contribution in [0.15, 0.2) is 175 Å². The molecule has 317 valence electrons. The second-order valence-electron chi connectivity index (χ2n) is 17.9. The summed E-state index contributed by atoms with van der Waals surface area (Å²) in [7, 11) is -1.41. The summed E-state index contributed by atoms with van der Waals surface area (Å²) in [5.74, 6) is 1.12. The van der Waals surface area contributed by atoms with E-state index < -0.39 is 8.07 Å². The van der Waals surface area contributed by atoms with Crippen LogP contribution in [0.4, 0.5) is 0 Å². The predicted molar refractivity (Wildman–Crippen MR) is 262 cm³/mol. The average Bonchev–Trinajstić information content (AvgIpc) is 3.71. The summed E-state index contributed by atoms with van der Waals surface area (Å²) in [4.78, 5) is 9.55. The van der Waals surface area contributed by atoms with Crippen molar-refractivity contribution in [1.29, 1.82) is 0 Å². The van der Waals surface area contributed by atoms with Gasteiger partial charge in [-0.15, -0.1) is 48.0 Å². The number of benzene rings is 6. The maximum Gasteiger partial charge on any atom is 0.121 e. The molecule has 0 aliphatic heterocycles. The zero-order valence-electron chi connectivity index (χ0n) is 36.7. The number of nitrogens with zero attached hydrogens (tertiary/aromatic N) is 2. The van der Waals surface area contributed by atoms with Crippen molar-refractivity contribution in [2.75, 3.05) is 0 Å². The van der Waals surface area contributed by atoms with Crippen LogP contribution in [0.25, 0.3) is 66.7 Å². The number of aromatic nitrogens is 2. The first-order valence-corrected chi connectivity index (χ1v) is 25.8. The van der Waals surface area contributed by atoms with Crippen LogP contribution in [0.5, 0.6) is 0 Å². The fraction of sp³-hybridized carbons (Fsp3) is 0.207. The van der Waals surface area contributed by atoms with Gasteiger partial charge in [0.25, 0.3) is 0 Å². The molecule has 10 rings (SSSR count). The second-order valence-corrected chi connectivity index (χ2v) is 23.0. The third kappa shape index (κ3) is 10.1. The molecule has 0 N–H and O–H groups in total. The van der Waals surface area contributed by atoms with Gasteiger partial charge in [0.05, 0.1) is 13.7 Å². The Hall–Kier alpha value is -5.71. The fourth-order valence-corrected chi connectivity index (χ4v) is 10.7. The standard InChI is InChI=1S/C31H22NO.C27H32NSi.Ir/c1-21(22-9-4-2-5-10-22)24-17-18-32-29(19-24)28-14-8-13-27-26-16-15-25(20-30(26)33-31(27)28)23-11-6-3-7-12-23;1-29(2,3)27-20-28-26(19-25(27)18-21-10-6-4-7-11-21)24-16-14-23(15-17-24)22-12-8-5-9-13-22;/h2-13,15-21H,1H3;5,8-9,12-16,19-21H,4,6-7,10-11,18H2,1-3H3;/q2*-1;. The van der Waals surface area contributed by atoms with E-state index in [9.17, 15) is 0 Å². The quantitative estimate of drug-likeness (QED) is 0.107. The molecule has 1 aliphatic rings. The Morgan fingerprint density at radius 1 is 0.635 bits per heavy atom. The molecule has 0 saturated heterocycles. The van der Waals surface area contributed by atoms with Crippen molar-refractivity contribution in [2.24, 2.45) is 5.92 Å². The van der Waals surface area contributed by atoms with Crippen LogP contribution in [0.1, 0.15) is 61.6 Å². The normalized spacial score (nSPS) is 13.5. The monoisotopic (exact) mass is 1020 g/mol. The van der Waals surface area contributed by atoms with Gasteiger partial charge < -0.3 is 14.4 Å². The Labute approximate surface area is 388 Å². The van der Waals surface area contributed by atoms with Crippen molar-refractivity contribution in [3.8, 4) is 44.8 Å². The zero-order chi connectivity index (χ0) is 42.5. The van der Waals surface area contributed by atoms with Gasteiger partial charge >= 0.3 is 0 Å². The molecule has 9 aromatic rings. The van der Waals surface area contributed by atoms with Crippen molar-refractivity contribution in [1.82, 2.24) is 9.97 Å². The van der Waals surface area contributed by atoms with E-state index in [2.05, 4.69) is 195 Å². The Kier molecular flexibility index (Phi) is 13.8. The van der Waals surface area contributed by atoms with E-state index in [-0.39, 0.29) is 26.0 Å². The van der Waals surface area contributed by atoms with Crippen LogP contribution in [0, 0.1) is 18.1 Å². The first kappa shape index (κ1) is 43.9. The Bertz CT molecular complexity index is 2900. The summed E-state index contributed by atoms with van der Waals surface area (Å²) in [6, 6.07) is 61.9. The van der Waals surface area contributed by atoms with Gasteiger partial charge in [0.2, 0.25) is 0 Å². The molecular formula is C58H54IrN2OSi-2. The minimum atomic E-state index is -1.41. The minimum absolute atomic E-state index is 0. The van der Waals surface area contributed by atoms with Gasteiger partial charge in [-0.05, 0) is 63.3 Å². The number of hydrogen-bond acceptors (Lipinski definition) is 3. The van der Waals surface area contributed by atoms with Gasteiger partial charge in [-0.2, -0.15) is 0 Å². The number of rotatable bonds is 9. The van der Waals surface area contributed by atoms with Gasteiger partial charge in [0, 0.05) is 43.8 Å². The molecule has 0 bridgehead atoms. The van der Waals surface area contributed by atoms with E-state index >= 15 is 0 Å². The van der Waals surface area contributed by atoms with E-state index in [4.69, 9.17) is 9.40 Å². The maximum atomic E-state index is 6.41. The van der Waals surface area contributed by atoms with Crippen LogP contribution in [0.2, 0.25) is 19.6 Å². The van der Waals surface area contributed by atoms with Crippen molar-refractivity contribution in [2.45, 2.75) is 71.0 Å². The molecule has 1 unspecified atom stereocenters. The minimum Gasteiger partial charge on any atom is -0.501 e. The Morgan fingerprint density at radius 2 is 1.32 bits per heavy atom. The molecule has 1 fully saturated rings. The van der Waals surface area contributed by atoms with E-state index in [1.165, 1.54) is 71.5 Å². The molecule has 3 heterocycles. The summed E-state index contributed by atoms with van der Waals surface area (Å²) in [6.45, 7) is 9.55. The molecule has 3 aromatic heterocycles. The molecule has 0 amide bonds. The third-order valence-corrected chi connectivity index (χ3v) is 14.7. The molecule has 3 nitrogen and oxygen atoms in total. The smallest absolute Gasteiger partial charge is 0.121 e. The second kappa shape index (κ2) is 19.8. The van der Waals surface area contributed by atoms with Crippen LogP contribution in [0.3, 0.4) is 0 Å². The molecular weight excluding hydrogens is 961 g/mol. The van der Waals surface area contributed by atoms with Gasteiger partial charge in [0.1, 0.15) is 5.58 Å². The number of pyridine rings is 2. The van der Waals surface area contributed by atoms with E-state index in [1.807, 2.05) is 18.3 Å². The van der Waals surface area contributed by atoms with Crippen molar-refractivity contribution in [3.05, 3.63) is 199 Å². The Balaban J connectivity index is 0.000000172. The number of furan rings is 1. The largest absolute Gasteiger partial charge is 0.501 e. The molecule has 5 heteroatoms. The van der Waals surface area contributed by atoms with Gasteiger partial charge in [0.15, 0.2) is 0 Å². The molecule has 63 heavy (non-hydrogen) atoms. The SMILES string of the molecule is CC(c1ccccc1)c1ccnc(-c2[c-]ccc3c2oc2cc(-c4ccccc4)ccc23)c1.C[Si](C)(C)c1cnc(-c2[c-]cc(-c3ccccc3)cc2)cc1CC1CCCCC1.[Ir]. The van der Waals surface area contributed by atoms with Crippen molar-refractivity contribution in [3.63, 3.8) is 0 Å². The van der Waals surface area contributed by atoms with Gasteiger partial charge in [-0.25, -0.2) is 0 Å². The van der Waals surface area contributed by atoms with Crippen LogP contribution in [-0.2, 0) is 26.5 Å². The molecule has 1 saturated carbocycles. The van der Waals surface area contributed by atoms with E-state index in [0.717, 1.165) is 55.9 Å². The molecule has 6 aromatic carbocycles. The summed E-state index contributed by atoms with van der Waals surface area (Å²) >= 11 is 0. The molecule has 1 radical (unpaired) electrons. The summed E-state index contributed by atoms with van der Waals surface area (Å²) in [5, 5.41) is 3.73. The van der Waals surface area contributed by atoms with Crippen molar-refractivity contribution >= 4 is 35.2 Å². The van der Waals surface area contributed by atoms with Crippen molar-refractivity contribution < 1.29 is 24.5 Å². The summed E-state index contributed by atoms with van der Waals surface area (Å²) < 4.78 is 6.41. The molecule has 0 spiro atoms. The zero-order valence-corrected chi connectivity index (χ0v) is 40.1. The van der Waals surface area contributed by atoms with Crippen LogP contribution >= 0.6 is 0 Å². The number of fused-ring (bicyclic) bond motifs is 3. The third-order valence-electron chi connectivity index (χ3n) is 12.6. The first-order chi connectivity index (χ1) is 30.3. The van der Waals surface area contributed by atoms with Crippen LogP contribution in [-0.4, -0.2) is 18.0 Å². The predicted octanol–water partition coefficient (Wildman–Crippen LogP) is 15.1. The summed E-state index contributed by atoms with van der Waals surface area (Å²) in [6.07, 6.45) is 12.3. The molecule has 1 aliphatic carbocycles. The van der Waals surface area contributed by atoms with E-state index in [1.54, 1.807) is 5.56 Å². The topological polar surface area (TPSA) is 38.9 Å². The van der Waals surface area contributed by atoms with Gasteiger partial charge in [-0.1, -0.05) is 202 Å². The average molecular weight is 1020 g/mol. The number of hydrogen-bond donors (Lipinski definition) is 0. The maximum absolute atomic E-state index is 6.41. The summed E-state index contributed by atoms with van der Waals surface area (Å²) in [5.41, 5.74) is 14.4. The fourth-order valence-electron chi connectivity index (χ4n) is 9.11. The molecule has 1 atom stereocenters. The Morgan fingerprint density at radius 3 is 2.00 bits per heavy atom.